The molecule has 1 aliphatic rings. The van der Waals surface area contributed by atoms with Crippen LogP contribution in [0.5, 0.6) is 5.75 Å². The molecule has 2 heterocycles. The molecule has 0 aliphatic heterocycles. The summed E-state index contributed by atoms with van der Waals surface area (Å²) in [6.45, 7) is 6.56. The second-order valence-corrected chi connectivity index (χ2v) is 9.53. The van der Waals surface area contributed by atoms with Gasteiger partial charge < -0.3 is 14.4 Å². The number of hydrogen-bond donors (Lipinski definition) is 1. The first-order chi connectivity index (χ1) is 17.9. The molecule has 0 amide bonds. The molecule has 1 aliphatic carbocycles. The molecule has 2 aromatic carbocycles. The summed E-state index contributed by atoms with van der Waals surface area (Å²) in [4.78, 5) is 31.4. The predicted molar refractivity (Wildman–Crippen MR) is 145 cm³/mol. The molecule has 6 heteroatoms. The van der Waals surface area contributed by atoms with Gasteiger partial charge in [-0.1, -0.05) is 37.3 Å². The van der Waals surface area contributed by atoms with Gasteiger partial charge >= 0.3 is 5.97 Å². The Morgan fingerprint density at radius 1 is 1.08 bits per heavy atom. The van der Waals surface area contributed by atoms with E-state index in [0.29, 0.717) is 23.1 Å². The maximum atomic E-state index is 13.5. The van der Waals surface area contributed by atoms with Crippen LogP contribution >= 0.6 is 0 Å². The van der Waals surface area contributed by atoms with Gasteiger partial charge in [-0.15, -0.1) is 0 Å². The van der Waals surface area contributed by atoms with Crippen molar-refractivity contribution in [2.75, 3.05) is 6.61 Å². The number of rotatable bonds is 7. The molecule has 37 heavy (non-hydrogen) atoms. The summed E-state index contributed by atoms with van der Waals surface area (Å²) < 4.78 is 7.76. The molecule has 1 N–H and O–H groups in total. The van der Waals surface area contributed by atoms with Gasteiger partial charge in [-0.05, 0) is 80.2 Å². The van der Waals surface area contributed by atoms with E-state index in [1.807, 2.05) is 62.4 Å². The highest BCUT2D eigenvalue weighted by atomic mass is 16.5. The topological polar surface area (TPSA) is 81.4 Å². The predicted octanol–water partition coefficient (Wildman–Crippen LogP) is 6.30. The highest BCUT2D eigenvalue weighted by molar-refractivity contribution is 6.08. The van der Waals surface area contributed by atoms with Crippen LogP contribution in [0.2, 0.25) is 0 Å². The SMILES string of the molecule is CCCn1c(C)cc(C(=O)COC(=O)c2c3c(nc4ccccc24)C(=Cc2ccc(O)cc2)CC3)c1C. The zero-order chi connectivity index (χ0) is 26.1. The number of ether oxygens (including phenoxy) is 1. The van der Waals surface area contributed by atoms with Crippen LogP contribution in [0, 0.1) is 13.8 Å². The maximum absolute atomic E-state index is 13.5. The largest absolute Gasteiger partial charge is 0.508 e. The number of carbonyl (C=O) groups excluding carboxylic acids is 2. The fourth-order valence-corrected chi connectivity index (χ4v) is 5.22. The van der Waals surface area contributed by atoms with E-state index < -0.39 is 5.97 Å². The Labute approximate surface area is 216 Å². The molecule has 0 unspecified atom stereocenters. The Bertz CT molecular complexity index is 1540. The Morgan fingerprint density at radius 2 is 1.84 bits per heavy atom. The third-order valence-electron chi connectivity index (χ3n) is 7.04. The van der Waals surface area contributed by atoms with Crippen molar-refractivity contribution in [2.45, 2.75) is 46.6 Å². The third-order valence-corrected chi connectivity index (χ3v) is 7.04. The van der Waals surface area contributed by atoms with Crippen molar-refractivity contribution in [1.29, 1.82) is 0 Å². The molecule has 0 atom stereocenters. The Kier molecular flexibility index (Phi) is 6.66. The summed E-state index contributed by atoms with van der Waals surface area (Å²) >= 11 is 0. The van der Waals surface area contributed by atoms with E-state index in [1.165, 1.54) is 0 Å². The standard InChI is InChI=1S/C31H30N2O4/c1-4-15-33-19(2)16-26(20(33)3)28(35)18-37-31(36)29-24-7-5-6-8-27(24)32-30-22(11-14-25(29)30)17-21-9-12-23(34)13-10-21/h5-10,12-13,16-17,34H,4,11,14-15,18H2,1-3H3. The summed E-state index contributed by atoms with van der Waals surface area (Å²) in [5, 5.41) is 10.3. The normalized spacial score (nSPS) is 13.8. The van der Waals surface area contributed by atoms with Crippen LogP contribution in [-0.4, -0.2) is 33.0 Å². The van der Waals surface area contributed by atoms with E-state index in [2.05, 4.69) is 11.5 Å². The number of phenols is 1. The average molecular weight is 495 g/mol. The molecule has 2 aromatic heterocycles. The highest BCUT2D eigenvalue weighted by Gasteiger charge is 2.28. The van der Waals surface area contributed by atoms with Crippen molar-refractivity contribution in [3.63, 3.8) is 0 Å². The van der Waals surface area contributed by atoms with E-state index in [0.717, 1.165) is 58.6 Å². The first-order valence-corrected chi connectivity index (χ1v) is 12.7. The van der Waals surface area contributed by atoms with Crippen molar-refractivity contribution >= 4 is 34.3 Å². The molecule has 4 aromatic rings. The van der Waals surface area contributed by atoms with Gasteiger partial charge in [0.25, 0.3) is 0 Å². The number of allylic oxidation sites excluding steroid dienone is 1. The van der Waals surface area contributed by atoms with Gasteiger partial charge in [0.05, 0.1) is 16.8 Å². The first kappa shape index (κ1) is 24.5. The van der Waals surface area contributed by atoms with Gasteiger partial charge in [-0.25, -0.2) is 9.78 Å². The van der Waals surface area contributed by atoms with Gasteiger partial charge in [-0.3, -0.25) is 4.79 Å². The van der Waals surface area contributed by atoms with Gasteiger partial charge in [0.1, 0.15) is 5.75 Å². The minimum absolute atomic E-state index is 0.202. The lowest BCUT2D eigenvalue weighted by Gasteiger charge is -2.12. The van der Waals surface area contributed by atoms with Gasteiger partial charge in [-0.2, -0.15) is 0 Å². The molecule has 188 valence electrons. The van der Waals surface area contributed by atoms with Crippen LogP contribution in [0.1, 0.15) is 68.7 Å². The second kappa shape index (κ2) is 10.1. The molecule has 0 spiro atoms. The third kappa shape index (κ3) is 4.67. The number of ketones is 1. The number of para-hydroxylation sites is 1. The summed E-state index contributed by atoms with van der Waals surface area (Å²) in [5.41, 5.74) is 7.34. The average Bonchev–Trinajstić information content (AvgIpc) is 3.42. The monoisotopic (exact) mass is 494 g/mol. The highest BCUT2D eigenvalue weighted by Crippen LogP contribution is 2.38. The van der Waals surface area contributed by atoms with E-state index >= 15 is 0 Å². The van der Waals surface area contributed by atoms with Gasteiger partial charge in [0.15, 0.2) is 6.61 Å². The van der Waals surface area contributed by atoms with Crippen molar-refractivity contribution in [3.8, 4) is 5.75 Å². The number of benzene rings is 2. The number of nitrogens with zero attached hydrogens (tertiary/aromatic N) is 2. The molecule has 0 fully saturated rings. The Hall–Kier alpha value is -4.19. The van der Waals surface area contributed by atoms with Gasteiger partial charge in [0, 0.05) is 28.9 Å². The lowest BCUT2D eigenvalue weighted by Crippen LogP contribution is -2.17. The number of phenolic OH excluding ortho intramolecular Hbond substituents is 1. The van der Waals surface area contributed by atoms with Crippen LogP contribution in [0.3, 0.4) is 0 Å². The van der Waals surface area contributed by atoms with Gasteiger partial charge in [0.2, 0.25) is 5.78 Å². The molecule has 0 radical (unpaired) electrons. The van der Waals surface area contributed by atoms with E-state index in [-0.39, 0.29) is 18.1 Å². The Balaban J connectivity index is 1.46. The molecule has 0 saturated carbocycles. The van der Waals surface area contributed by atoms with Crippen LogP contribution in [-0.2, 0) is 17.7 Å². The number of hydrogen-bond acceptors (Lipinski definition) is 5. The van der Waals surface area contributed by atoms with Crippen molar-refractivity contribution in [1.82, 2.24) is 9.55 Å². The summed E-state index contributed by atoms with van der Waals surface area (Å²) in [5.74, 6) is -0.492. The lowest BCUT2D eigenvalue weighted by molar-refractivity contribution is 0.0475. The minimum atomic E-state index is -0.503. The minimum Gasteiger partial charge on any atom is -0.508 e. The molecule has 0 saturated heterocycles. The van der Waals surface area contributed by atoms with Crippen molar-refractivity contribution in [2.24, 2.45) is 0 Å². The number of aromatic nitrogens is 2. The smallest absolute Gasteiger partial charge is 0.339 e. The number of aromatic hydroxyl groups is 1. The molecular formula is C31H30N2O4. The summed E-state index contributed by atoms with van der Waals surface area (Å²) in [6, 6.07) is 16.4. The lowest BCUT2D eigenvalue weighted by atomic mass is 10.0. The number of aryl methyl sites for hydroxylation is 1. The summed E-state index contributed by atoms with van der Waals surface area (Å²) in [6.07, 6.45) is 4.41. The maximum Gasteiger partial charge on any atom is 0.339 e. The van der Waals surface area contributed by atoms with E-state index in [4.69, 9.17) is 9.72 Å². The Morgan fingerprint density at radius 3 is 2.59 bits per heavy atom. The zero-order valence-corrected chi connectivity index (χ0v) is 21.4. The molecular weight excluding hydrogens is 464 g/mol. The number of esters is 1. The fourth-order valence-electron chi connectivity index (χ4n) is 5.22. The second-order valence-electron chi connectivity index (χ2n) is 9.53. The number of pyridine rings is 1. The molecule has 5 rings (SSSR count). The molecule has 0 bridgehead atoms. The van der Waals surface area contributed by atoms with Crippen LogP contribution in [0.25, 0.3) is 22.6 Å². The van der Waals surface area contributed by atoms with Crippen LogP contribution < -0.4 is 0 Å². The quantitative estimate of drug-likeness (QED) is 0.241. The van der Waals surface area contributed by atoms with E-state index in [1.54, 1.807) is 12.1 Å². The van der Waals surface area contributed by atoms with E-state index in [9.17, 15) is 14.7 Å². The summed E-state index contributed by atoms with van der Waals surface area (Å²) in [7, 11) is 0. The van der Waals surface area contributed by atoms with Crippen LogP contribution in [0.15, 0.2) is 54.6 Å². The van der Waals surface area contributed by atoms with Crippen LogP contribution in [0.4, 0.5) is 0 Å². The first-order valence-electron chi connectivity index (χ1n) is 12.7. The van der Waals surface area contributed by atoms with Crippen molar-refractivity contribution in [3.05, 3.63) is 93.9 Å². The fraction of sp³-hybridized carbons (Fsp3) is 0.258. The number of fused-ring (bicyclic) bond motifs is 2. The van der Waals surface area contributed by atoms with Crippen molar-refractivity contribution < 1.29 is 19.4 Å². The number of carbonyl (C=O) groups is 2. The molecule has 6 nitrogen and oxygen atoms in total. The number of Topliss-reactive ketones (excluding diaryl/α,β-unsaturated/α-hetero) is 1. The zero-order valence-electron chi connectivity index (χ0n) is 21.4.